The van der Waals surface area contributed by atoms with E-state index in [2.05, 4.69) is 53.9 Å². The molecule has 3 aliphatic heterocycles. The smallest absolute Gasteiger partial charge is 0.243 e. The molecule has 0 saturated carbocycles. The van der Waals surface area contributed by atoms with Crippen molar-refractivity contribution in [1.29, 1.82) is 0 Å². The predicted octanol–water partition coefficient (Wildman–Crippen LogP) is 4.12. The number of hydrogen-bond acceptors (Lipinski definition) is 3. The number of halogens is 1. The molecule has 4 nitrogen and oxygen atoms in total. The van der Waals surface area contributed by atoms with Gasteiger partial charge < -0.3 is 5.32 Å². The van der Waals surface area contributed by atoms with Crippen LogP contribution in [0.1, 0.15) is 22.6 Å². The van der Waals surface area contributed by atoms with E-state index in [0.717, 1.165) is 11.1 Å². The maximum Gasteiger partial charge on any atom is 0.243 e. The highest BCUT2D eigenvalue weighted by Gasteiger charge is 2.49. The van der Waals surface area contributed by atoms with Gasteiger partial charge >= 0.3 is 0 Å². The molecule has 3 heterocycles. The average molecular weight is 435 g/mol. The molecule has 1 unspecified atom stereocenters. The minimum atomic E-state index is -3.61. The molecule has 3 aromatic carbocycles. The summed E-state index contributed by atoms with van der Waals surface area (Å²) in [5.74, 6) is -0.143. The zero-order chi connectivity index (χ0) is 21.4. The number of fused-ring (bicyclic) bond motifs is 2. The lowest BCUT2D eigenvalue weighted by Crippen LogP contribution is -2.72. The normalized spacial score (nSPS) is 23.6. The van der Waals surface area contributed by atoms with Gasteiger partial charge in [0.15, 0.2) is 0 Å². The molecule has 3 aromatic rings. The number of benzene rings is 3. The van der Waals surface area contributed by atoms with Crippen LogP contribution in [-0.2, 0) is 10.0 Å². The fourth-order valence-electron chi connectivity index (χ4n) is 4.49. The van der Waals surface area contributed by atoms with Crippen molar-refractivity contribution in [3.05, 3.63) is 101 Å². The molecule has 0 aromatic heterocycles. The van der Waals surface area contributed by atoms with Gasteiger partial charge in [0, 0.05) is 31.1 Å². The van der Waals surface area contributed by atoms with Crippen molar-refractivity contribution in [2.75, 3.05) is 13.1 Å². The molecule has 0 spiro atoms. The summed E-state index contributed by atoms with van der Waals surface area (Å²) in [6, 6.07) is 23.9. The first-order valence-electron chi connectivity index (χ1n) is 10.4. The third-order valence-corrected chi connectivity index (χ3v) is 7.98. The number of piperazine rings is 1. The lowest BCUT2D eigenvalue weighted by atomic mass is 9.75. The zero-order valence-corrected chi connectivity index (χ0v) is 17.7. The molecular formula is C25H23FN2O2S. The number of nitrogens with zero attached hydrogens (tertiary/aromatic N) is 1. The Labute approximate surface area is 182 Å². The first-order chi connectivity index (χ1) is 15.0. The Hall–Kier alpha value is -2.80. The fraction of sp³-hybridized carbons (Fsp3) is 0.200. The Morgan fingerprint density at radius 1 is 0.806 bits per heavy atom. The predicted molar refractivity (Wildman–Crippen MR) is 120 cm³/mol. The summed E-state index contributed by atoms with van der Waals surface area (Å²) in [5, 5.41) is 3.47. The number of sulfonamides is 1. The highest BCUT2D eigenvalue weighted by Crippen LogP contribution is 2.38. The van der Waals surface area contributed by atoms with E-state index in [4.69, 9.17) is 0 Å². The van der Waals surface area contributed by atoms with Gasteiger partial charge in [-0.15, -0.1) is 0 Å². The molecule has 3 aliphatic rings. The summed E-state index contributed by atoms with van der Waals surface area (Å²) in [6.07, 6.45) is 4.18. The Bertz CT molecular complexity index is 1180. The maximum atomic E-state index is 13.2. The lowest BCUT2D eigenvalue weighted by Gasteiger charge is -2.54. The van der Waals surface area contributed by atoms with Crippen LogP contribution in [0, 0.1) is 5.82 Å². The second-order valence-corrected chi connectivity index (χ2v) is 10.0. The summed E-state index contributed by atoms with van der Waals surface area (Å²) in [7, 11) is -3.61. The fourth-order valence-corrected chi connectivity index (χ4v) is 5.98. The van der Waals surface area contributed by atoms with Crippen LogP contribution in [0.5, 0.6) is 0 Å². The third-order valence-electron chi connectivity index (χ3n) is 6.14. The number of hydrogen-bond donors (Lipinski definition) is 1. The Morgan fingerprint density at radius 3 is 2.00 bits per heavy atom. The Morgan fingerprint density at radius 2 is 1.39 bits per heavy atom. The van der Waals surface area contributed by atoms with Crippen LogP contribution in [0.3, 0.4) is 0 Å². The summed E-state index contributed by atoms with van der Waals surface area (Å²) >= 11 is 0. The topological polar surface area (TPSA) is 49.4 Å². The highest BCUT2D eigenvalue weighted by atomic mass is 32.2. The van der Waals surface area contributed by atoms with Crippen LogP contribution >= 0.6 is 0 Å². The molecule has 3 atom stereocenters. The van der Waals surface area contributed by atoms with Crippen molar-refractivity contribution in [3.8, 4) is 0 Å². The zero-order valence-electron chi connectivity index (χ0n) is 16.9. The first-order valence-corrected chi connectivity index (χ1v) is 11.8. The first kappa shape index (κ1) is 20.1. The van der Waals surface area contributed by atoms with Crippen LogP contribution in [-0.4, -0.2) is 37.9 Å². The Balaban J connectivity index is 1.27. The molecule has 6 heteroatoms. The van der Waals surface area contributed by atoms with Gasteiger partial charge in [0.05, 0.1) is 4.90 Å². The second-order valence-electron chi connectivity index (χ2n) is 8.09. The summed E-state index contributed by atoms with van der Waals surface area (Å²) < 4.78 is 40.5. The lowest BCUT2D eigenvalue weighted by molar-refractivity contribution is 0.102. The average Bonchev–Trinajstić information content (AvgIpc) is 2.79. The molecule has 0 aliphatic carbocycles. The van der Waals surface area contributed by atoms with E-state index < -0.39 is 15.8 Å². The van der Waals surface area contributed by atoms with E-state index in [1.54, 1.807) is 0 Å². The molecule has 0 radical (unpaired) electrons. The van der Waals surface area contributed by atoms with Crippen molar-refractivity contribution >= 4 is 22.2 Å². The van der Waals surface area contributed by atoms with Gasteiger partial charge in [-0.2, -0.15) is 4.31 Å². The van der Waals surface area contributed by atoms with Crippen molar-refractivity contribution in [2.45, 2.75) is 22.9 Å². The molecule has 1 N–H and O–H groups in total. The van der Waals surface area contributed by atoms with Gasteiger partial charge in [-0.25, -0.2) is 12.8 Å². The molecule has 3 fully saturated rings. The van der Waals surface area contributed by atoms with Gasteiger partial charge in [-0.05, 0) is 41.0 Å². The quantitative estimate of drug-likeness (QED) is 0.615. The largest absolute Gasteiger partial charge is 0.307 e. The van der Waals surface area contributed by atoms with Crippen LogP contribution in [0.25, 0.3) is 12.2 Å². The number of rotatable bonds is 5. The van der Waals surface area contributed by atoms with E-state index in [1.807, 2.05) is 18.2 Å². The molecular weight excluding hydrogens is 411 g/mol. The minimum absolute atomic E-state index is 0.0830. The number of nitrogens with one attached hydrogen (secondary N) is 1. The van der Waals surface area contributed by atoms with Gasteiger partial charge in [0.25, 0.3) is 0 Å². The van der Waals surface area contributed by atoms with Crippen LogP contribution < -0.4 is 5.32 Å². The Kier molecular flexibility index (Phi) is 5.22. The maximum absolute atomic E-state index is 13.2. The van der Waals surface area contributed by atoms with Crippen LogP contribution in [0.2, 0.25) is 0 Å². The summed E-state index contributed by atoms with van der Waals surface area (Å²) in [6.45, 7) is 0.826. The molecule has 2 bridgehead atoms. The molecule has 0 amide bonds. The summed E-state index contributed by atoms with van der Waals surface area (Å²) in [4.78, 5) is 0.140. The SMILES string of the molecule is O=S(=O)(c1ccc(F)cc1)N1C[C@@H]2N[C@H](C1)C2c1ccc(/C=C/c2ccccc2)cc1. The minimum Gasteiger partial charge on any atom is -0.307 e. The monoisotopic (exact) mass is 434 g/mol. The van der Waals surface area contributed by atoms with Crippen molar-refractivity contribution < 1.29 is 12.8 Å². The van der Waals surface area contributed by atoms with E-state index in [9.17, 15) is 12.8 Å². The van der Waals surface area contributed by atoms with Crippen molar-refractivity contribution in [2.24, 2.45) is 0 Å². The third kappa shape index (κ3) is 3.94. The van der Waals surface area contributed by atoms with E-state index in [-0.39, 0.29) is 17.0 Å². The van der Waals surface area contributed by atoms with Crippen LogP contribution in [0.4, 0.5) is 4.39 Å². The van der Waals surface area contributed by atoms with Gasteiger partial charge in [0.2, 0.25) is 10.0 Å². The van der Waals surface area contributed by atoms with Gasteiger partial charge in [-0.1, -0.05) is 66.7 Å². The van der Waals surface area contributed by atoms with E-state index in [0.29, 0.717) is 19.0 Å². The van der Waals surface area contributed by atoms with E-state index in [1.165, 1.54) is 34.1 Å². The van der Waals surface area contributed by atoms with Crippen molar-refractivity contribution in [3.63, 3.8) is 0 Å². The van der Waals surface area contributed by atoms with Gasteiger partial charge in [-0.3, -0.25) is 0 Å². The second kappa shape index (κ2) is 8.04. The summed E-state index contributed by atoms with van der Waals surface area (Å²) in [5.41, 5.74) is 3.52. The van der Waals surface area contributed by atoms with Crippen molar-refractivity contribution in [1.82, 2.24) is 9.62 Å². The molecule has 31 heavy (non-hydrogen) atoms. The molecule has 6 rings (SSSR count). The number of piperidine rings is 1. The van der Waals surface area contributed by atoms with E-state index >= 15 is 0 Å². The molecule has 3 saturated heterocycles. The highest BCUT2D eigenvalue weighted by molar-refractivity contribution is 7.89. The standard InChI is InChI=1S/C25H23FN2O2S/c26-21-12-14-22(15-13-21)31(29,30)28-16-23-25(24(17-28)27-23)20-10-8-19(9-11-20)7-6-18-4-2-1-3-5-18/h1-15,23-25,27H,16-17H2/b7-6+/t23-,24+,25?. The van der Waals surface area contributed by atoms with Crippen LogP contribution in [0.15, 0.2) is 83.8 Å². The van der Waals surface area contributed by atoms with Gasteiger partial charge in [0.1, 0.15) is 5.82 Å². The molecule has 158 valence electrons.